The van der Waals surface area contributed by atoms with Crippen molar-refractivity contribution in [2.45, 2.75) is 24.7 Å². The molecule has 0 aromatic heterocycles. The van der Waals surface area contributed by atoms with Crippen LogP contribution in [0.4, 0.5) is 0 Å². The monoisotopic (exact) mass is 354 g/mol. The number of carboxylic acids is 1. The Morgan fingerprint density at radius 1 is 1.21 bits per heavy atom. The normalized spacial score (nSPS) is 21.8. The Bertz CT molecular complexity index is 742. The zero-order chi connectivity index (χ0) is 18.1. The van der Waals surface area contributed by atoms with E-state index in [1.807, 2.05) is 0 Å². The molecule has 1 heterocycles. The van der Waals surface area contributed by atoms with Gasteiger partial charge < -0.3 is 10.0 Å². The Morgan fingerprint density at radius 2 is 1.79 bits per heavy atom. The molecule has 8 heteroatoms. The first kappa shape index (κ1) is 18.4. The molecule has 1 amide bonds. The lowest BCUT2D eigenvalue weighted by Crippen LogP contribution is -2.48. The highest BCUT2D eigenvalue weighted by Crippen LogP contribution is 2.30. The van der Waals surface area contributed by atoms with E-state index in [4.69, 9.17) is 0 Å². The lowest BCUT2D eigenvalue weighted by molar-refractivity contribution is -0.150. The van der Waals surface area contributed by atoms with Gasteiger partial charge in [-0.2, -0.15) is 0 Å². The van der Waals surface area contributed by atoms with Crippen LogP contribution in [0.25, 0.3) is 0 Å². The third kappa shape index (κ3) is 3.44. The summed E-state index contributed by atoms with van der Waals surface area (Å²) >= 11 is 0. The second-order valence-electron chi connectivity index (χ2n) is 6.51. The van der Waals surface area contributed by atoms with E-state index in [2.05, 4.69) is 0 Å². The Hall–Kier alpha value is -1.93. The molecule has 1 fully saturated rings. The molecular weight excluding hydrogens is 332 g/mol. The fourth-order valence-electron chi connectivity index (χ4n) is 2.75. The van der Waals surface area contributed by atoms with E-state index < -0.39 is 21.4 Å². The number of nitrogens with zero attached hydrogens (tertiary/aromatic N) is 2. The summed E-state index contributed by atoms with van der Waals surface area (Å²) in [6, 6.07) is 5.71. The molecule has 0 saturated carbocycles. The Labute approximate surface area is 141 Å². The van der Waals surface area contributed by atoms with Crippen LogP contribution in [0.5, 0.6) is 0 Å². The maximum absolute atomic E-state index is 12.6. The molecule has 24 heavy (non-hydrogen) atoms. The van der Waals surface area contributed by atoms with Crippen molar-refractivity contribution in [1.82, 2.24) is 9.21 Å². The first-order valence-corrected chi connectivity index (χ1v) is 9.07. The number of carbonyl (C=O) groups is 2. The lowest BCUT2D eigenvalue weighted by atomic mass is 9.82. The quantitative estimate of drug-likeness (QED) is 0.878. The summed E-state index contributed by atoms with van der Waals surface area (Å²) in [4.78, 5) is 25.6. The van der Waals surface area contributed by atoms with Crippen molar-refractivity contribution in [2.75, 3.05) is 27.2 Å². The van der Waals surface area contributed by atoms with Gasteiger partial charge in [0.2, 0.25) is 10.0 Å². The molecule has 1 aliphatic rings. The maximum atomic E-state index is 12.6. The van der Waals surface area contributed by atoms with Crippen LogP contribution in [-0.2, 0) is 14.8 Å². The summed E-state index contributed by atoms with van der Waals surface area (Å²) in [5, 5.41) is 9.34. The topological polar surface area (TPSA) is 95.0 Å². The average Bonchev–Trinajstić information content (AvgIpc) is 2.54. The van der Waals surface area contributed by atoms with Gasteiger partial charge in [-0.25, -0.2) is 12.7 Å². The van der Waals surface area contributed by atoms with Crippen molar-refractivity contribution >= 4 is 21.9 Å². The number of piperidine rings is 1. The molecule has 0 radical (unpaired) electrons. The minimum Gasteiger partial charge on any atom is -0.481 e. The molecule has 132 valence electrons. The van der Waals surface area contributed by atoms with Crippen LogP contribution in [0.2, 0.25) is 0 Å². The third-order valence-electron chi connectivity index (χ3n) is 4.38. The van der Waals surface area contributed by atoms with Crippen LogP contribution in [0, 0.1) is 5.41 Å². The molecule has 2 rings (SSSR count). The van der Waals surface area contributed by atoms with Gasteiger partial charge in [0.05, 0.1) is 10.3 Å². The minimum atomic E-state index is -3.54. The van der Waals surface area contributed by atoms with Gasteiger partial charge in [0.25, 0.3) is 5.91 Å². The van der Waals surface area contributed by atoms with Crippen molar-refractivity contribution in [3.8, 4) is 0 Å². The predicted molar refractivity (Wildman–Crippen MR) is 88.2 cm³/mol. The van der Waals surface area contributed by atoms with Gasteiger partial charge in [0.15, 0.2) is 0 Å². The summed E-state index contributed by atoms with van der Waals surface area (Å²) in [5.41, 5.74) is -0.593. The first-order valence-electron chi connectivity index (χ1n) is 7.63. The van der Waals surface area contributed by atoms with Gasteiger partial charge in [0.1, 0.15) is 0 Å². The number of sulfonamides is 1. The number of likely N-dealkylation sites (tertiary alicyclic amines) is 1. The van der Waals surface area contributed by atoms with E-state index in [1.54, 1.807) is 6.92 Å². The highest BCUT2D eigenvalue weighted by molar-refractivity contribution is 7.89. The largest absolute Gasteiger partial charge is 0.481 e. The number of carboxylic acid groups (broad SMARTS) is 1. The summed E-state index contributed by atoms with van der Waals surface area (Å²) in [5.74, 6) is -1.19. The van der Waals surface area contributed by atoms with Crippen LogP contribution in [0.15, 0.2) is 29.2 Å². The SMILES string of the molecule is CN(C)S(=O)(=O)c1ccc(C(=O)N2CCCC(C)(C(=O)O)C2)cc1. The number of aliphatic carboxylic acids is 1. The van der Waals surface area contributed by atoms with Crippen LogP contribution >= 0.6 is 0 Å². The summed E-state index contributed by atoms with van der Waals surface area (Å²) in [6.45, 7) is 2.29. The van der Waals surface area contributed by atoms with E-state index in [1.165, 1.54) is 43.3 Å². The van der Waals surface area contributed by atoms with Gasteiger partial charge in [-0.1, -0.05) is 0 Å². The number of hydrogen-bond acceptors (Lipinski definition) is 4. The fourth-order valence-corrected chi connectivity index (χ4v) is 3.65. The van der Waals surface area contributed by atoms with E-state index in [0.29, 0.717) is 24.9 Å². The molecule has 1 aliphatic heterocycles. The molecule has 1 atom stereocenters. The van der Waals surface area contributed by atoms with Crippen molar-refractivity contribution in [2.24, 2.45) is 5.41 Å². The second kappa shape index (κ2) is 6.52. The minimum absolute atomic E-state index is 0.109. The van der Waals surface area contributed by atoms with Crippen LogP contribution in [0.3, 0.4) is 0 Å². The zero-order valence-electron chi connectivity index (χ0n) is 14.0. The number of rotatable bonds is 4. The van der Waals surface area contributed by atoms with E-state index in [9.17, 15) is 23.1 Å². The van der Waals surface area contributed by atoms with Crippen LogP contribution < -0.4 is 0 Å². The Kier molecular flexibility index (Phi) is 5.00. The molecule has 1 unspecified atom stereocenters. The first-order chi connectivity index (χ1) is 11.1. The number of carbonyl (C=O) groups excluding carboxylic acids is 1. The Balaban J connectivity index is 2.20. The highest BCUT2D eigenvalue weighted by Gasteiger charge is 2.39. The van der Waals surface area contributed by atoms with Gasteiger partial charge in [-0.3, -0.25) is 9.59 Å². The summed E-state index contributed by atoms with van der Waals surface area (Å²) in [7, 11) is -0.665. The summed E-state index contributed by atoms with van der Waals surface area (Å²) in [6.07, 6.45) is 1.16. The molecular formula is C16H22N2O5S. The molecule has 0 spiro atoms. The van der Waals surface area contributed by atoms with Crippen molar-refractivity contribution in [3.05, 3.63) is 29.8 Å². The predicted octanol–water partition coefficient (Wildman–Crippen LogP) is 1.26. The van der Waals surface area contributed by atoms with Gasteiger partial charge in [-0.05, 0) is 44.0 Å². The average molecular weight is 354 g/mol. The molecule has 1 saturated heterocycles. The van der Waals surface area contributed by atoms with Gasteiger partial charge in [0, 0.05) is 32.7 Å². The highest BCUT2D eigenvalue weighted by atomic mass is 32.2. The van der Waals surface area contributed by atoms with Gasteiger partial charge in [-0.15, -0.1) is 0 Å². The molecule has 0 bridgehead atoms. The van der Waals surface area contributed by atoms with Crippen molar-refractivity contribution in [1.29, 1.82) is 0 Å². The third-order valence-corrected chi connectivity index (χ3v) is 6.21. The standard InChI is InChI=1S/C16H22N2O5S/c1-16(15(20)21)9-4-10-18(11-16)14(19)12-5-7-13(8-6-12)24(22,23)17(2)3/h5-8H,4,9-11H2,1-3H3,(H,20,21). The van der Waals surface area contributed by atoms with Crippen LogP contribution in [0.1, 0.15) is 30.1 Å². The molecule has 1 N–H and O–H groups in total. The second-order valence-corrected chi connectivity index (χ2v) is 8.66. The molecule has 7 nitrogen and oxygen atoms in total. The lowest BCUT2D eigenvalue weighted by Gasteiger charge is -2.37. The van der Waals surface area contributed by atoms with Gasteiger partial charge >= 0.3 is 5.97 Å². The van der Waals surface area contributed by atoms with Crippen molar-refractivity contribution in [3.63, 3.8) is 0 Å². The van der Waals surface area contributed by atoms with E-state index in [0.717, 1.165) is 4.31 Å². The maximum Gasteiger partial charge on any atom is 0.311 e. The van der Waals surface area contributed by atoms with E-state index >= 15 is 0 Å². The van der Waals surface area contributed by atoms with Crippen LogP contribution in [-0.4, -0.2) is 61.8 Å². The molecule has 1 aromatic rings. The number of hydrogen-bond donors (Lipinski definition) is 1. The molecule has 1 aromatic carbocycles. The van der Waals surface area contributed by atoms with E-state index in [-0.39, 0.29) is 17.3 Å². The zero-order valence-corrected chi connectivity index (χ0v) is 14.8. The number of amides is 1. The smallest absolute Gasteiger partial charge is 0.311 e. The fraction of sp³-hybridized carbons (Fsp3) is 0.500. The summed E-state index contributed by atoms with van der Waals surface area (Å²) < 4.78 is 25.2. The number of benzene rings is 1. The molecule has 0 aliphatic carbocycles. The Morgan fingerprint density at radius 3 is 2.29 bits per heavy atom. The van der Waals surface area contributed by atoms with Crippen molar-refractivity contribution < 1.29 is 23.1 Å².